The molecule has 0 radical (unpaired) electrons. The van der Waals surface area contributed by atoms with Gasteiger partial charge in [-0.1, -0.05) is 6.42 Å². The summed E-state index contributed by atoms with van der Waals surface area (Å²) >= 11 is 9.92. The van der Waals surface area contributed by atoms with E-state index in [0.717, 1.165) is 12.8 Å². The molecule has 0 saturated heterocycles. The summed E-state index contributed by atoms with van der Waals surface area (Å²) in [6.45, 7) is 2.41. The lowest BCUT2D eigenvalue weighted by Crippen LogP contribution is -2.34. The van der Waals surface area contributed by atoms with Gasteiger partial charge in [-0.2, -0.15) is 0 Å². The minimum absolute atomic E-state index is 0.253. The van der Waals surface area contributed by atoms with Crippen LogP contribution in [0.1, 0.15) is 39.0 Å². The monoisotopic (exact) mass is 247 g/mol. The van der Waals surface area contributed by atoms with Gasteiger partial charge in [0, 0.05) is 0 Å². The van der Waals surface area contributed by atoms with Crippen LogP contribution in [0.25, 0.3) is 0 Å². The summed E-state index contributed by atoms with van der Waals surface area (Å²) < 4.78 is 10.6. The second kappa shape index (κ2) is 6.95. The maximum atomic E-state index is 5.56. The maximum absolute atomic E-state index is 5.56. The fourth-order valence-corrected chi connectivity index (χ4v) is 2.12. The van der Waals surface area contributed by atoms with Gasteiger partial charge in [0.05, 0.1) is 6.61 Å². The molecule has 86 valence electrons. The molecule has 0 aromatic rings. The number of rotatable bonds is 2. The Hall–Kier alpha value is -0.420. The second-order valence-corrected chi connectivity index (χ2v) is 4.25. The molecule has 0 aliphatic heterocycles. The average Bonchev–Trinajstić information content (AvgIpc) is 2.19. The highest BCUT2D eigenvalue weighted by Gasteiger charge is 2.16. The van der Waals surface area contributed by atoms with Gasteiger partial charge < -0.3 is 9.47 Å². The number of thiocarbonyl (C=S) groups is 2. The van der Waals surface area contributed by atoms with Gasteiger partial charge in [-0.3, -0.25) is 5.32 Å². The highest BCUT2D eigenvalue weighted by atomic mass is 32.1. The summed E-state index contributed by atoms with van der Waals surface area (Å²) in [5.41, 5.74) is 0. The predicted molar refractivity (Wildman–Crippen MR) is 67.9 cm³/mol. The number of nitrogens with one attached hydrogen (secondary N) is 1. The highest BCUT2D eigenvalue weighted by Crippen LogP contribution is 2.20. The fourth-order valence-electron chi connectivity index (χ4n) is 1.61. The first kappa shape index (κ1) is 12.6. The van der Waals surface area contributed by atoms with Crippen molar-refractivity contribution in [3.63, 3.8) is 0 Å². The van der Waals surface area contributed by atoms with Gasteiger partial charge in [-0.05, 0) is 57.0 Å². The molecule has 0 bridgehead atoms. The van der Waals surface area contributed by atoms with Gasteiger partial charge in [0.1, 0.15) is 6.10 Å². The van der Waals surface area contributed by atoms with Crippen molar-refractivity contribution in [2.75, 3.05) is 6.61 Å². The standard InChI is InChI=1S/C10H17NO2S2/c1-2-12-9(14)11-10(15)13-8-6-4-3-5-7-8/h8H,2-7H2,1H3,(H,11,14,15). The first-order valence-electron chi connectivity index (χ1n) is 5.36. The molecule has 0 aromatic carbocycles. The van der Waals surface area contributed by atoms with Crippen molar-refractivity contribution in [3.05, 3.63) is 0 Å². The molecule has 1 aliphatic carbocycles. The van der Waals surface area contributed by atoms with Crippen LogP contribution < -0.4 is 5.32 Å². The zero-order valence-electron chi connectivity index (χ0n) is 8.95. The van der Waals surface area contributed by atoms with E-state index in [2.05, 4.69) is 5.32 Å². The van der Waals surface area contributed by atoms with E-state index in [-0.39, 0.29) is 6.10 Å². The maximum Gasteiger partial charge on any atom is 0.264 e. The Bertz CT molecular complexity index is 227. The smallest absolute Gasteiger partial charge is 0.264 e. The van der Waals surface area contributed by atoms with Crippen LogP contribution in [0.3, 0.4) is 0 Å². The third-order valence-corrected chi connectivity index (χ3v) is 2.72. The van der Waals surface area contributed by atoms with Gasteiger partial charge >= 0.3 is 0 Å². The summed E-state index contributed by atoms with van der Waals surface area (Å²) in [4.78, 5) is 0. The molecule has 3 nitrogen and oxygen atoms in total. The van der Waals surface area contributed by atoms with E-state index in [0.29, 0.717) is 17.0 Å². The third kappa shape index (κ3) is 5.28. The van der Waals surface area contributed by atoms with Gasteiger partial charge in [0.15, 0.2) is 0 Å². The molecule has 1 N–H and O–H groups in total. The largest absolute Gasteiger partial charge is 0.471 e. The molecule has 0 atom stereocenters. The lowest BCUT2D eigenvalue weighted by atomic mass is 9.98. The molecule has 5 heteroatoms. The Morgan fingerprint density at radius 3 is 2.47 bits per heavy atom. The number of hydrogen-bond donors (Lipinski definition) is 1. The van der Waals surface area contributed by atoms with E-state index < -0.39 is 0 Å². The molecule has 1 rings (SSSR count). The zero-order valence-corrected chi connectivity index (χ0v) is 10.6. The van der Waals surface area contributed by atoms with Crippen LogP contribution in [0.5, 0.6) is 0 Å². The number of ether oxygens (including phenoxy) is 2. The average molecular weight is 247 g/mol. The normalized spacial score (nSPS) is 16.9. The minimum atomic E-state index is 0.253. The summed E-state index contributed by atoms with van der Waals surface area (Å²) in [6.07, 6.45) is 6.18. The van der Waals surface area contributed by atoms with E-state index in [1.165, 1.54) is 19.3 Å². The van der Waals surface area contributed by atoms with Gasteiger partial charge in [-0.15, -0.1) is 0 Å². The lowest BCUT2D eigenvalue weighted by Gasteiger charge is -2.23. The van der Waals surface area contributed by atoms with E-state index >= 15 is 0 Å². The summed E-state index contributed by atoms with van der Waals surface area (Å²) in [5.74, 6) is 0. The van der Waals surface area contributed by atoms with Crippen molar-refractivity contribution >= 4 is 34.8 Å². The molecule has 1 fully saturated rings. The third-order valence-electron chi connectivity index (χ3n) is 2.31. The minimum Gasteiger partial charge on any atom is -0.471 e. The van der Waals surface area contributed by atoms with Crippen molar-refractivity contribution in [2.45, 2.75) is 45.1 Å². The molecule has 0 aromatic heterocycles. The van der Waals surface area contributed by atoms with E-state index in [1.807, 2.05) is 6.92 Å². The molecule has 1 aliphatic rings. The Kier molecular flexibility index (Phi) is 5.86. The van der Waals surface area contributed by atoms with Crippen molar-refractivity contribution < 1.29 is 9.47 Å². The summed E-state index contributed by atoms with van der Waals surface area (Å²) in [7, 11) is 0. The molecular weight excluding hydrogens is 230 g/mol. The molecule has 0 heterocycles. The molecular formula is C10H17NO2S2. The molecule has 0 unspecified atom stereocenters. The lowest BCUT2D eigenvalue weighted by molar-refractivity contribution is 0.142. The SMILES string of the molecule is CCOC(=S)NC(=S)OC1CCCCC1. The Labute approximate surface area is 102 Å². The molecule has 1 saturated carbocycles. The van der Waals surface area contributed by atoms with Crippen molar-refractivity contribution in [1.29, 1.82) is 0 Å². The zero-order chi connectivity index (χ0) is 11.1. The topological polar surface area (TPSA) is 30.5 Å². The van der Waals surface area contributed by atoms with Crippen LogP contribution in [0.15, 0.2) is 0 Å². The van der Waals surface area contributed by atoms with Crippen LogP contribution in [-0.4, -0.2) is 23.1 Å². The fraction of sp³-hybridized carbons (Fsp3) is 0.800. The quantitative estimate of drug-likeness (QED) is 0.758. The van der Waals surface area contributed by atoms with Crippen LogP contribution in [0.2, 0.25) is 0 Å². The summed E-state index contributed by atoms with van der Waals surface area (Å²) in [5, 5.41) is 3.37. The van der Waals surface area contributed by atoms with Crippen LogP contribution in [0, 0.1) is 0 Å². The molecule has 0 amide bonds. The van der Waals surface area contributed by atoms with Crippen LogP contribution in [0.4, 0.5) is 0 Å². The van der Waals surface area contributed by atoms with E-state index in [1.54, 1.807) is 0 Å². The van der Waals surface area contributed by atoms with Gasteiger partial charge in [0.2, 0.25) is 0 Å². The van der Waals surface area contributed by atoms with Crippen molar-refractivity contribution in [1.82, 2.24) is 5.32 Å². The number of hydrogen-bond acceptors (Lipinski definition) is 4. The second-order valence-electron chi connectivity index (χ2n) is 3.51. The van der Waals surface area contributed by atoms with E-state index in [9.17, 15) is 0 Å². The Morgan fingerprint density at radius 1 is 1.20 bits per heavy atom. The summed E-state index contributed by atoms with van der Waals surface area (Å²) in [6, 6.07) is 0. The van der Waals surface area contributed by atoms with E-state index in [4.69, 9.17) is 33.9 Å². The van der Waals surface area contributed by atoms with Crippen LogP contribution in [-0.2, 0) is 9.47 Å². The predicted octanol–water partition coefficient (Wildman–Crippen LogP) is 2.53. The van der Waals surface area contributed by atoms with Crippen LogP contribution >= 0.6 is 24.4 Å². The first-order valence-corrected chi connectivity index (χ1v) is 6.18. The molecule has 0 spiro atoms. The van der Waals surface area contributed by atoms with Crippen molar-refractivity contribution in [3.8, 4) is 0 Å². The van der Waals surface area contributed by atoms with Gasteiger partial charge in [0.25, 0.3) is 10.3 Å². The Balaban J connectivity index is 2.19. The Morgan fingerprint density at radius 2 is 1.87 bits per heavy atom. The molecule has 15 heavy (non-hydrogen) atoms. The van der Waals surface area contributed by atoms with Gasteiger partial charge in [-0.25, -0.2) is 0 Å². The first-order chi connectivity index (χ1) is 7.22. The highest BCUT2D eigenvalue weighted by molar-refractivity contribution is 7.81. The van der Waals surface area contributed by atoms with Crippen molar-refractivity contribution in [2.24, 2.45) is 0 Å².